The van der Waals surface area contributed by atoms with Crippen LogP contribution in [-0.2, 0) is 0 Å². The Kier molecular flexibility index (Phi) is 4.41. The minimum absolute atomic E-state index is 0.0898. The Morgan fingerprint density at radius 1 is 1.21 bits per heavy atom. The number of para-hydroxylation sites is 1. The van der Waals surface area contributed by atoms with Gasteiger partial charge in [-0.25, -0.2) is 9.18 Å². The highest BCUT2D eigenvalue weighted by molar-refractivity contribution is 6.32. The van der Waals surface area contributed by atoms with Crippen molar-refractivity contribution in [3.8, 4) is 11.4 Å². The molecule has 2 atom stereocenters. The summed E-state index contributed by atoms with van der Waals surface area (Å²) < 4.78 is 56.2. The van der Waals surface area contributed by atoms with Crippen LogP contribution in [0.25, 0.3) is 16.6 Å². The van der Waals surface area contributed by atoms with Gasteiger partial charge >= 0.3 is 12.1 Å². The van der Waals surface area contributed by atoms with Crippen molar-refractivity contribution in [2.75, 3.05) is 5.32 Å². The number of ether oxygens (including phenoxy) is 1. The highest BCUT2D eigenvalue weighted by atomic mass is 35.5. The predicted molar refractivity (Wildman–Crippen MR) is 96.0 cm³/mol. The zero-order valence-electron chi connectivity index (χ0n) is 14.0. The number of rotatable bonds is 4. The van der Waals surface area contributed by atoms with E-state index in [1.54, 1.807) is 12.1 Å². The van der Waals surface area contributed by atoms with Crippen LogP contribution in [0.15, 0.2) is 47.3 Å². The first-order chi connectivity index (χ1) is 13.2. The van der Waals surface area contributed by atoms with Gasteiger partial charge in [0.05, 0.1) is 22.3 Å². The monoisotopic (exact) mass is 413 g/mol. The molecule has 1 saturated carbocycles. The summed E-state index contributed by atoms with van der Waals surface area (Å²) in [6, 6.07) is 9.35. The summed E-state index contributed by atoms with van der Waals surface area (Å²) in [6.45, 7) is 0. The van der Waals surface area contributed by atoms with E-state index >= 15 is 0 Å². The van der Waals surface area contributed by atoms with Gasteiger partial charge in [-0.3, -0.25) is 4.57 Å². The van der Waals surface area contributed by atoms with Gasteiger partial charge in [0.15, 0.2) is 0 Å². The molecular formula is C18H12ClF4N3O2. The van der Waals surface area contributed by atoms with Crippen molar-refractivity contribution in [2.24, 2.45) is 0 Å². The van der Waals surface area contributed by atoms with E-state index in [0.29, 0.717) is 5.39 Å². The minimum Gasteiger partial charge on any atom is -0.406 e. The van der Waals surface area contributed by atoms with Gasteiger partial charge in [0.25, 0.3) is 0 Å². The Bertz CT molecular complexity index is 1120. The SMILES string of the molecule is O=c1nc(N[C@H]2C[C@H]2F)c2ccc(OC(F)(F)F)cc2n1-c1ccccc1Cl. The third-order valence-electron chi connectivity index (χ3n) is 4.23. The van der Waals surface area contributed by atoms with Crippen molar-refractivity contribution in [2.45, 2.75) is 25.0 Å². The summed E-state index contributed by atoms with van der Waals surface area (Å²) in [6.07, 6.45) is -5.69. The van der Waals surface area contributed by atoms with Crippen LogP contribution in [0.2, 0.25) is 5.02 Å². The molecule has 0 amide bonds. The molecule has 0 radical (unpaired) electrons. The largest absolute Gasteiger partial charge is 0.573 e. The molecule has 0 bridgehead atoms. The van der Waals surface area contributed by atoms with Crippen LogP contribution < -0.4 is 15.7 Å². The highest BCUT2D eigenvalue weighted by Gasteiger charge is 2.38. The van der Waals surface area contributed by atoms with E-state index in [9.17, 15) is 22.4 Å². The third-order valence-corrected chi connectivity index (χ3v) is 4.55. The van der Waals surface area contributed by atoms with E-state index in [1.807, 2.05) is 0 Å². The molecule has 3 aromatic rings. The first-order valence-electron chi connectivity index (χ1n) is 8.21. The van der Waals surface area contributed by atoms with Crippen LogP contribution in [0.1, 0.15) is 6.42 Å². The Morgan fingerprint density at radius 3 is 2.57 bits per heavy atom. The number of nitrogens with zero attached hydrogens (tertiary/aromatic N) is 2. The van der Waals surface area contributed by atoms with Gasteiger partial charge in [-0.05, 0) is 24.3 Å². The molecule has 1 aliphatic rings. The lowest BCUT2D eigenvalue weighted by Gasteiger charge is -2.16. The summed E-state index contributed by atoms with van der Waals surface area (Å²) in [5.41, 5.74) is -0.436. The first kappa shape index (κ1) is 18.5. The molecule has 1 N–H and O–H groups in total. The number of benzene rings is 2. The van der Waals surface area contributed by atoms with Crippen molar-refractivity contribution < 1.29 is 22.3 Å². The molecule has 0 spiro atoms. The number of alkyl halides is 4. The van der Waals surface area contributed by atoms with Gasteiger partial charge in [0, 0.05) is 17.9 Å². The summed E-state index contributed by atoms with van der Waals surface area (Å²) in [4.78, 5) is 16.6. The molecule has 1 aliphatic carbocycles. The quantitative estimate of drug-likeness (QED) is 0.642. The van der Waals surface area contributed by atoms with Crippen LogP contribution in [-0.4, -0.2) is 28.1 Å². The molecule has 5 nitrogen and oxygen atoms in total. The number of hydrogen-bond donors (Lipinski definition) is 1. The van der Waals surface area contributed by atoms with E-state index in [4.69, 9.17) is 11.6 Å². The van der Waals surface area contributed by atoms with E-state index in [-0.39, 0.29) is 28.5 Å². The van der Waals surface area contributed by atoms with E-state index in [2.05, 4.69) is 15.0 Å². The molecule has 0 unspecified atom stereocenters. The molecule has 2 aromatic carbocycles. The normalized spacial score (nSPS) is 18.9. The molecule has 0 aliphatic heterocycles. The summed E-state index contributed by atoms with van der Waals surface area (Å²) >= 11 is 6.17. The minimum atomic E-state index is -4.90. The molecule has 146 valence electrons. The average molecular weight is 414 g/mol. The molecule has 1 aromatic heterocycles. The van der Waals surface area contributed by atoms with Crippen molar-refractivity contribution in [1.82, 2.24) is 9.55 Å². The van der Waals surface area contributed by atoms with Gasteiger partial charge in [-0.1, -0.05) is 23.7 Å². The second kappa shape index (κ2) is 6.66. The predicted octanol–water partition coefficient (Wildman–Crippen LogP) is 4.46. The van der Waals surface area contributed by atoms with Crippen LogP contribution in [0.3, 0.4) is 0 Å². The third kappa shape index (κ3) is 3.62. The summed E-state index contributed by atoms with van der Waals surface area (Å²) in [5, 5.41) is 3.35. The Morgan fingerprint density at radius 2 is 1.93 bits per heavy atom. The first-order valence-corrected chi connectivity index (χ1v) is 8.59. The van der Waals surface area contributed by atoms with E-state index in [1.165, 1.54) is 18.2 Å². The van der Waals surface area contributed by atoms with Crippen LogP contribution in [0.5, 0.6) is 5.75 Å². The number of nitrogens with one attached hydrogen (secondary N) is 1. The van der Waals surface area contributed by atoms with Gasteiger partial charge in [0.2, 0.25) is 0 Å². The zero-order chi connectivity index (χ0) is 20.1. The maximum Gasteiger partial charge on any atom is 0.573 e. The van der Waals surface area contributed by atoms with Gasteiger partial charge in [-0.15, -0.1) is 13.2 Å². The maximum atomic E-state index is 13.3. The fraction of sp³-hybridized carbons (Fsp3) is 0.222. The van der Waals surface area contributed by atoms with Gasteiger partial charge < -0.3 is 10.1 Å². The molecule has 4 rings (SSSR count). The Labute approximate surface area is 160 Å². The Hall–Kier alpha value is -2.81. The highest BCUT2D eigenvalue weighted by Crippen LogP contribution is 2.34. The molecule has 1 heterocycles. The lowest BCUT2D eigenvalue weighted by molar-refractivity contribution is -0.274. The average Bonchev–Trinajstić information content (AvgIpc) is 3.29. The van der Waals surface area contributed by atoms with E-state index in [0.717, 1.165) is 16.7 Å². The number of halogens is 5. The van der Waals surface area contributed by atoms with Crippen LogP contribution in [0, 0.1) is 0 Å². The number of fused-ring (bicyclic) bond motifs is 1. The standard InChI is InChI=1S/C18H12ClF4N3O2/c19-11-3-1-2-4-14(11)26-15-7-9(28-18(21,22)23)5-6-10(15)16(25-17(26)27)24-13-8-12(13)20/h1-7,12-13H,8H2,(H,24,25,27)/t12-,13+/m1/s1. The molecular weight excluding hydrogens is 402 g/mol. The molecule has 28 heavy (non-hydrogen) atoms. The topological polar surface area (TPSA) is 56.1 Å². The summed E-state index contributed by atoms with van der Waals surface area (Å²) in [7, 11) is 0. The van der Waals surface area contributed by atoms with Crippen molar-refractivity contribution in [3.05, 3.63) is 58.0 Å². The van der Waals surface area contributed by atoms with Gasteiger partial charge in [0.1, 0.15) is 17.7 Å². The van der Waals surface area contributed by atoms with Crippen molar-refractivity contribution in [1.29, 1.82) is 0 Å². The number of aromatic nitrogens is 2. The smallest absolute Gasteiger partial charge is 0.406 e. The molecule has 1 fully saturated rings. The lowest BCUT2D eigenvalue weighted by Crippen LogP contribution is -2.24. The number of anilines is 1. The van der Waals surface area contributed by atoms with Crippen LogP contribution >= 0.6 is 11.6 Å². The zero-order valence-corrected chi connectivity index (χ0v) is 14.8. The van der Waals surface area contributed by atoms with Gasteiger partial charge in [-0.2, -0.15) is 4.98 Å². The van der Waals surface area contributed by atoms with Crippen molar-refractivity contribution >= 4 is 28.3 Å². The fourth-order valence-electron chi connectivity index (χ4n) is 2.87. The number of hydrogen-bond acceptors (Lipinski definition) is 4. The molecule has 0 saturated heterocycles. The fourth-order valence-corrected chi connectivity index (χ4v) is 3.09. The Balaban J connectivity index is 1.95. The maximum absolute atomic E-state index is 13.3. The lowest BCUT2D eigenvalue weighted by atomic mass is 10.2. The van der Waals surface area contributed by atoms with Crippen molar-refractivity contribution in [3.63, 3.8) is 0 Å². The second-order valence-corrected chi connectivity index (χ2v) is 6.67. The second-order valence-electron chi connectivity index (χ2n) is 6.26. The molecule has 10 heteroatoms. The summed E-state index contributed by atoms with van der Waals surface area (Å²) in [5.74, 6) is -0.417. The van der Waals surface area contributed by atoms with Crippen LogP contribution in [0.4, 0.5) is 23.4 Å². The van der Waals surface area contributed by atoms with E-state index < -0.39 is 30.0 Å².